The fourth-order valence-corrected chi connectivity index (χ4v) is 5.06. The summed E-state index contributed by atoms with van der Waals surface area (Å²) in [6.45, 7) is 2.86. The Morgan fingerprint density at radius 2 is 1.56 bits per heavy atom. The molecule has 2 heterocycles. The van der Waals surface area contributed by atoms with Crippen LogP contribution in [0.4, 0.5) is 0 Å². The Bertz CT molecular complexity index is 901. The summed E-state index contributed by atoms with van der Waals surface area (Å²) in [5.74, 6) is 0.0713. The molecule has 1 fully saturated rings. The fourth-order valence-electron chi connectivity index (χ4n) is 5.06. The Kier molecular flexibility index (Phi) is 3.76. The summed E-state index contributed by atoms with van der Waals surface area (Å²) in [5, 5.41) is 0. The van der Waals surface area contributed by atoms with E-state index in [1.165, 1.54) is 10.5 Å². The summed E-state index contributed by atoms with van der Waals surface area (Å²) in [6, 6.07) is 17.9. The first-order valence-electron chi connectivity index (χ1n) is 9.60. The maximum Gasteiger partial charge on any atom is 0.261 e. The van der Waals surface area contributed by atoms with Gasteiger partial charge in [-0.25, -0.2) is 0 Å². The third-order valence-electron chi connectivity index (χ3n) is 6.28. The lowest BCUT2D eigenvalue weighted by Crippen LogP contribution is -2.53. The monoisotopic (exact) mass is 358 g/mol. The third kappa shape index (κ3) is 2.47. The first-order chi connectivity index (χ1) is 13.1. The molecule has 3 aliphatic rings. The van der Waals surface area contributed by atoms with Gasteiger partial charge < -0.3 is 0 Å². The molecule has 1 unspecified atom stereocenters. The number of carbonyl (C=O) groups excluding carboxylic acids is 2. The van der Waals surface area contributed by atoms with Crippen LogP contribution in [0.5, 0.6) is 0 Å². The minimum absolute atomic E-state index is 0.155. The normalized spacial score (nSPS) is 27.4. The van der Waals surface area contributed by atoms with E-state index in [0.717, 1.165) is 13.0 Å². The minimum atomic E-state index is -0.166. The molecule has 2 aliphatic heterocycles. The molecule has 2 aromatic carbocycles. The van der Waals surface area contributed by atoms with Crippen molar-refractivity contribution in [1.82, 2.24) is 9.80 Å². The zero-order valence-electron chi connectivity index (χ0n) is 15.3. The molecule has 2 amide bonds. The van der Waals surface area contributed by atoms with Gasteiger partial charge in [-0.2, -0.15) is 0 Å². The number of fused-ring (bicyclic) bond motifs is 3. The van der Waals surface area contributed by atoms with Gasteiger partial charge in [0.25, 0.3) is 11.8 Å². The number of likely N-dealkylation sites (tertiary alicyclic amines) is 1. The second-order valence-corrected chi connectivity index (χ2v) is 7.77. The predicted molar refractivity (Wildman–Crippen MR) is 103 cm³/mol. The number of amides is 2. The molecule has 0 saturated carbocycles. The number of nitrogens with zero attached hydrogens (tertiary/aromatic N) is 2. The van der Waals surface area contributed by atoms with E-state index in [2.05, 4.69) is 41.3 Å². The van der Waals surface area contributed by atoms with Gasteiger partial charge in [-0.3, -0.25) is 19.4 Å². The Labute approximate surface area is 159 Å². The van der Waals surface area contributed by atoms with E-state index in [0.29, 0.717) is 23.1 Å². The molecule has 0 radical (unpaired) electrons. The molecule has 2 aromatic rings. The van der Waals surface area contributed by atoms with Crippen LogP contribution in [-0.4, -0.2) is 39.7 Å². The third-order valence-corrected chi connectivity index (χ3v) is 6.28. The van der Waals surface area contributed by atoms with Crippen LogP contribution in [0.2, 0.25) is 0 Å². The second-order valence-electron chi connectivity index (χ2n) is 7.77. The molecule has 1 saturated heterocycles. The largest absolute Gasteiger partial charge is 0.287 e. The van der Waals surface area contributed by atoms with Crippen molar-refractivity contribution >= 4 is 11.8 Å². The van der Waals surface area contributed by atoms with E-state index in [1.54, 1.807) is 12.1 Å². The summed E-state index contributed by atoms with van der Waals surface area (Å²) in [5.41, 5.74) is 2.32. The number of hydrogen-bond donors (Lipinski definition) is 0. The summed E-state index contributed by atoms with van der Waals surface area (Å²) >= 11 is 0. The van der Waals surface area contributed by atoms with Crippen molar-refractivity contribution in [2.45, 2.75) is 38.0 Å². The summed E-state index contributed by atoms with van der Waals surface area (Å²) in [4.78, 5) is 29.8. The first-order valence-corrected chi connectivity index (χ1v) is 9.60. The maximum absolute atomic E-state index is 12.9. The van der Waals surface area contributed by atoms with Crippen molar-refractivity contribution in [3.8, 4) is 0 Å². The molecular formula is C23H22N2O2. The van der Waals surface area contributed by atoms with Crippen molar-refractivity contribution in [3.63, 3.8) is 0 Å². The van der Waals surface area contributed by atoms with Crippen LogP contribution in [0.3, 0.4) is 0 Å². The van der Waals surface area contributed by atoms with Crippen LogP contribution in [0.15, 0.2) is 66.7 Å². The van der Waals surface area contributed by atoms with Gasteiger partial charge in [0.05, 0.1) is 17.2 Å². The van der Waals surface area contributed by atoms with E-state index in [1.807, 2.05) is 25.1 Å². The zero-order chi connectivity index (χ0) is 18.5. The van der Waals surface area contributed by atoms with Crippen molar-refractivity contribution in [3.05, 3.63) is 83.4 Å². The van der Waals surface area contributed by atoms with Gasteiger partial charge in [0.1, 0.15) is 0 Å². The second kappa shape index (κ2) is 6.17. The quantitative estimate of drug-likeness (QED) is 0.620. The zero-order valence-corrected chi connectivity index (χ0v) is 15.3. The van der Waals surface area contributed by atoms with Crippen molar-refractivity contribution < 1.29 is 9.59 Å². The SMILES string of the molecule is CC([C@H]1[C@@H]2C=C[C@@H](C2)N1Cc1ccccc1)N1C(=O)c2ccccc2C1=O. The molecule has 136 valence electrons. The van der Waals surface area contributed by atoms with Gasteiger partial charge in [0, 0.05) is 18.6 Å². The predicted octanol–water partition coefficient (Wildman–Crippen LogP) is 3.50. The molecule has 4 heteroatoms. The molecular weight excluding hydrogens is 336 g/mol. The van der Waals surface area contributed by atoms with E-state index < -0.39 is 0 Å². The highest BCUT2D eigenvalue weighted by atomic mass is 16.2. The van der Waals surface area contributed by atoms with Crippen LogP contribution in [0.1, 0.15) is 39.6 Å². The molecule has 5 rings (SSSR count). The van der Waals surface area contributed by atoms with Gasteiger partial charge in [0.2, 0.25) is 0 Å². The molecule has 0 spiro atoms. The summed E-state index contributed by atoms with van der Waals surface area (Å²) in [6.07, 6.45) is 5.62. The average Bonchev–Trinajstić information content (AvgIpc) is 3.36. The topological polar surface area (TPSA) is 40.6 Å². The highest BCUT2D eigenvalue weighted by Gasteiger charge is 2.50. The lowest BCUT2D eigenvalue weighted by atomic mass is 9.94. The van der Waals surface area contributed by atoms with Crippen molar-refractivity contribution in [2.24, 2.45) is 5.92 Å². The van der Waals surface area contributed by atoms with Gasteiger partial charge in [-0.1, -0.05) is 54.6 Å². The molecule has 4 atom stereocenters. The van der Waals surface area contributed by atoms with E-state index in [-0.39, 0.29) is 23.9 Å². The standard InChI is InChI=1S/C23H22N2O2/c1-15(25-22(26)19-9-5-6-10-20(19)23(25)27)21-17-11-12-18(13-17)24(21)14-16-7-3-2-4-8-16/h2-12,15,17-18,21H,13-14H2,1H3/t15?,17-,18+,21+/m1/s1. The van der Waals surface area contributed by atoms with E-state index in [4.69, 9.17) is 0 Å². The van der Waals surface area contributed by atoms with E-state index in [9.17, 15) is 9.59 Å². The number of carbonyl (C=O) groups is 2. The van der Waals surface area contributed by atoms with Crippen molar-refractivity contribution in [2.75, 3.05) is 0 Å². The number of imide groups is 1. The van der Waals surface area contributed by atoms with Crippen LogP contribution in [0, 0.1) is 5.92 Å². The Morgan fingerprint density at radius 1 is 0.926 bits per heavy atom. The fraction of sp³-hybridized carbons (Fsp3) is 0.304. The number of hydrogen-bond acceptors (Lipinski definition) is 3. The van der Waals surface area contributed by atoms with E-state index >= 15 is 0 Å². The van der Waals surface area contributed by atoms with Gasteiger partial charge >= 0.3 is 0 Å². The van der Waals surface area contributed by atoms with Crippen LogP contribution < -0.4 is 0 Å². The lowest BCUT2D eigenvalue weighted by molar-refractivity contribution is 0.0454. The van der Waals surface area contributed by atoms with Gasteiger partial charge in [-0.15, -0.1) is 0 Å². The molecule has 27 heavy (non-hydrogen) atoms. The summed E-state index contributed by atoms with van der Waals surface area (Å²) in [7, 11) is 0. The molecule has 2 bridgehead atoms. The van der Waals surface area contributed by atoms with Gasteiger partial charge in [0.15, 0.2) is 0 Å². The van der Waals surface area contributed by atoms with Gasteiger partial charge in [-0.05, 0) is 37.0 Å². The van der Waals surface area contributed by atoms with Crippen molar-refractivity contribution in [1.29, 1.82) is 0 Å². The van der Waals surface area contributed by atoms with Crippen LogP contribution >= 0.6 is 0 Å². The number of benzene rings is 2. The number of rotatable bonds is 4. The lowest BCUT2D eigenvalue weighted by Gasteiger charge is -2.39. The molecule has 0 aromatic heterocycles. The highest BCUT2D eigenvalue weighted by molar-refractivity contribution is 6.21. The Morgan fingerprint density at radius 3 is 2.22 bits per heavy atom. The molecule has 1 aliphatic carbocycles. The summed E-state index contributed by atoms with van der Waals surface area (Å²) < 4.78 is 0. The van der Waals surface area contributed by atoms with Crippen LogP contribution in [-0.2, 0) is 6.54 Å². The Balaban J connectivity index is 1.45. The average molecular weight is 358 g/mol. The molecule has 0 N–H and O–H groups in total. The first kappa shape index (κ1) is 16.5. The van der Waals surface area contributed by atoms with Crippen LogP contribution in [0.25, 0.3) is 0 Å². The highest BCUT2D eigenvalue weighted by Crippen LogP contribution is 2.42. The minimum Gasteiger partial charge on any atom is -0.287 e. The smallest absolute Gasteiger partial charge is 0.261 e. The maximum atomic E-state index is 12.9. The Hall–Kier alpha value is -2.72. The molecule has 4 nitrogen and oxygen atoms in total.